The Kier molecular flexibility index (Phi) is 19.8. The molecule has 0 bridgehead atoms. The summed E-state index contributed by atoms with van der Waals surface area (Å²) in [7, 11) is 0. The van der Waals surface area contributed by atoms with Gasteiger partial charge in [-0.2, -0.15) is 0 Å². The minimum absolute atomic E-state index is 0. The Labute approximate surface area is 310 Å². The van der Waals surface area contributed by atoms with Crippen LogP contribution in [0, 0.1) is 39.9 Å². The SMILES string of the molecule is CCOc1ccc(CC(C(=O)O)N(CCN(CCN(CC(=O)O)C(Cc2ccc(OCC)cc2)C(=O)O)CC(=O)O)CC(=O)O)cc1.[Gd]. The Balaban J connectivity index is 0.0000115. The molecular formula is C32H43GdN3O12. The Bertz CT molecular complexity index is 1230. The van der Waals surface area contributed by atoms with E-state index in [-0.39, 0.29) is 79.0 Å². The van der Waals surface area contributed by atoms with Crippen LogP contribution < -0.4 is 9.47 Å². The van der Waals surface area contributed by atoms with Crippen LogP contribution in [0.3, 0.4) is 0 Å². The molecule has 0 saturated heterocycles. The molecule has 2 unspecified atom stereocenters. The molecule has 266 valence electrons. The molecule has 2 atom stereocenters. The first-order chi connectivity index (χ1) is 22.3. The topological polar surface area (TPSA) is 215 Å². The van der Waals surface area contributed by atoms with E-state index in [1.165, 1.54) is 14.7 Å². The molecule has 0 aliphatic carbocycles. The third kappa shape index (κ3) is 15.7. The molecule has 0 amide bonds. The first kappa shape index (κ1) is 42.6. The molecule has 0 aliphatic heterocycles. The quantitative estimate of drug-likeness (QED) is 0.101. The standard InChI is InChI=1S/C32H43N3O12.Gd/c1-3-46-24-9-5-22(6-10-24)17-26(31(42)43)34(20-29(38)39)15-13-33(19-28(36)37)14-16-35(21-30(40)41)27(32(44)45)18-23-7-11-25(12-8-23)47-4-2;/h5-12,26-27H,3-4,13-21H2,1-2H3,(H,36,37)(H,38,39)(H,40,41)(H,42,43)(H,44,45);. The number of rotatable bonds is 24. The van der Waals surface area contributed by atoms with Gasteiger partial charge < -0.3 is 35.0 Å². The first-order valence-corrected chi connectivity index (χ1v) is 15.1. The summed E-state index contributed by atoms with van der Waals surface area (Å²) in [5.74, 6) is -5.13. The second-order valence-electron chi connectivity index (χ2n) is 10.7. The van der Waals surface area contributed by atoms with Crippen LogP contribution in [0.15, 0.2) is 48.5 Å². The van der Waals surface area contributed by atoms with Crippen molar-refractivity contribution in [1.29, 1.82) is 0 Å². The maximum absolute atomic E-state index is 12.3. The minimum Gasteiger partial charge on any atom is -0.494 e. The van der Waals surface area contributed by atoms with Crippen LogP contribution in [0.4, 0.5) is 0 Å². The van der Waals surface area contributed by atoms with Crippen molar-refractivity contribution in [2.75, 3.05) is 59.0 Å². The van der Waals surface area contributed by atoms with Crippen LogP contribution in [0.5, 0.6) is 11.5 Å². The third-order valence-corrected chi connectivity index (χ3v) is 7.22. The minimum atomic E-state index is -1.28. The molecule has 48 heavy (non-hydrogen) atoms. The smallest absolute Gasteiger partial charge is 0.321 e. The van der Waals surface area contributed by atoms with Crippen molar-refractivity contribution in [1.82, 2.24) is 14.7 Å². The summed E-state index contributed by atoms with van der Waals surface area (Å²) in [6.07, 6.45) is -0.0711. The molecule has 16 heteroatoms. The number of ether oxygens (including phenoxy) is 2. The third-order valence-electron chi connectivity index (χ3n) is 7.22. The number of nitrogens with zero attached hydrogens (tertiary/aromatic N) is 3. The summed E-state index contributed by atoms with van der Waals surface area (Å²) < 4.78 is 10.8. The molecule has 0 heterocycles. The van der Waals surface area contributed by atoms with Crippen molar-refractivity contribution in [3.8, 4) is 11.5 Å². The van der Waals surface area contributed by atoms with E-state index < -0.39 is 61.6 Å². The fraction of sp³-hybridized carbons (Fsp3) is 0.469. The predicted octanol–water partition coefficient (Wildman–Crippen LogP) is 1.34. The van der Waals surface area contributed by atoms with Crippen molar-refractivity contribution in [3.05, 3.63) is 59.7 Å². The van der Waals surface area contributed by atoms with E-state index >= 15 is 0 Å². The fourth-order valence-corrected chi connectivity index (χ4v) is 5.01. The van der Waals surface area contributed by atoms with Crippen LogP contribution in [0.25, 0.3) is 0 Å². The first-order valence-electron chi connectivity index (χ1n) is 15.1. The van der Waals surface area contributed by atoms with Gasteiger partial charge in [-0.25, -0.2) is 0 Å². The molecule has 0 radical (unpaired) electrons. The van der Waals surface area contributed by atoms with Gasteiger partial charge in [-0.15, -0.1) is 0 Å². The number of carbonyl (C=O) groups is 5. The monoisotopic (exact) mass is 819 g/mol. The van der Waals surface area contributed by atoms with Crippen LogP contribution in [0.2, 0.25) is 0 Å². The number of hydrogen-bond acceptors (Lipinski definition) is 10. The van der Waals surface area contributed by atoms with Gasteiger partial charge in [0, 0.05) is 66.1 Å². The molecule has 0 spiro atoms. The van der Waals surface area contributed by atoms with Gasteiger partial charge in [-0.1, -0.05) is 24.3 Å². The van der Waals surface area contributed by atoms with Crippen LogP contribution in [-0.4, -0.2) is 141 Å². The van der Waals surface area contributed by atoms with Gasteiger partial charge in [0.15, 0.2) is 0 Å². The normalized spacial score (nSPS) is 12.3. The maximum atomic E-state index is 12.3. The second-order valence-corrected chi connectivity index (χ2v) is 10.7. The number of carboxylic acids is 5. The van der Waals surface area contributed by atoms with Gasteiger partial charge in [0.05, 0.1) is 32.8 Å². The van der Waals surface area contributed by atoms with Crippen molar-refractivity contribution in [2.45, 2.75) is 38.8 Å². The molecule has 2 aromatic rings. The largest absolute Gasteiger partial charge is 0.494 e. The van der Waals surface area contributed by atoms with E-state index in [9.17, 15) is 49.5 Å². The fourth-order valence-electron chi connectivity index (χ4n) is 5.01. The zero-order chi connectivity index (χ0) is 34.9. The Morgan fingerprint density at radius 3 is 1.17 bits per heavy atom. The van der Waals surface area contributed by atoms with Crippen molar-refractivity contribution >= 4 is 29.8 Å². The van der Waals surface area contributed by atoms with E-state index in [1.54, 1.807) is 48.5 Å². The summed E-state index contributed by atoms with van der Waals surface area (Å²) in [6.45, 7) is 2.25. The molecular weight excluding hydrogens is 776 g/mol. The van der Waals surface area contributed by atoms with Gasteiger partial charge in [-0.3, -0.25) is 38.7 Å². The van der Waals surface area contributed by atoms with E-state index in [0.717, 1.165) is 0 Å². The Morgan fingerprint density at radius 2 is 0.896 bits per heavy atom. The Morgan fingerprint density at radius 1 is 0.562 bits per heavy atom. The molecule has 15 nitrogen and oxygen atoms in total. The second kappa shape index (κ2) is 22.3. The van der Waals surface area contributed by atoms with Crippen LogP contribution in [-0.2, 0) is 36.8 Å². The summed E-state index contributed by atoms with van der Waals surface area (Å²) in [5.41, 5.74) is 1.24. The summed E-state index contributed by atoms with van der Waals surface area (Å²) >= 11 is 0. The average Bonchev–Trinajstić information content (AvgIpc) is 2.99. The summed E-state index contributed by atoms with van der Waals surface area (Å²) in [6, 6.07) is 10.9. The van der Waals surface area contributed by atoms with Crippen LogP contribution >= 0.6 is 0 Å². The zero-order valence-corrected chi connectivity index (χ0v) is 29.1. The van der Waals surface area contributed by atoms with Crippen molar-refractivity contribution < 1.29 is 98.9 Å². The summed E-state index contributed by atoms with van der Waals surface area (Å²) in [5, 5.41) is 48.6. The number of carboxylic acid groups (broad SMARTS) is 5. The average molecular weight is 819 g/mol. The predicted molar refractivity (Wildman–Crippen MR) is 168 cm³/mol. The number of aliphatic carboxylic acids is 5. The van der Waals surface area contributed by atoms with Crippen LogP contribution in [0.1, 0.15) is 25.0 Å². The van der Waals surface area contributed by atoms with Gasteiger partial charge in [0.25, 0.3) is 0 Å². The molecule has 2 aromatic carbocycles. The number of hydrogen-bond donors (Lipinski definition) is 5. The molecule has 0 fully saturated rings. The maximum Gasteiger partial charge on any atom is 0.321 e. The van der Waals surface area contributed by atoms with E-state index in [4.69, 9.17) is 9.47 Å². The van der Waals surface area contributed by atoms with Crippen molar-refractivity contribution in [2.24, 2.45) is 0 Å². The number of benzene rings is 2. The summed E-state index contributed by atoms with van der Waals surface area (Å²) in [4.78, 5) is 63.5. The van der Waals surface area contributed by atoms with E-state index in [0.29, 0.717) is 35.8 Å². The zero-order valence-electron chi connectivity index (χ0n) is 26.8. The van der Waals surface area contributed by atoms with Gasteiger partial charge >= 0.3 is 29.8 Å². The van der Waals surface area contributed by atoms with Gasteiger partial charge in [-0.05, 0) is 62.1 Å². The van der Waals surface area contributed by atoms with Gasteiger partial charge in [0.1, 0.15) is 23.6 Å². The van der Waals surface area contributed by atoms with Crippen molar-refractivity contribution in [3.63, 3.8) is 0 Å². The molecule has 2 rings (SSSR count). The Hall–Kier alpha value is -3.41. The van der Waals surface area contributed by atoms with E-state index in [2.05, 4.69) is 0 Å². The van der Waals surface area contributed by atoms with Gasteiger partial charge in [0.2, 0.25) is 0 Å². The molecule has 0 aromatic heterocycles. The molecule has 5 N–H and O–H groups in total. The molecule has 0 saturated carbocycles. The molecule has 0 aliphatic rings. The van der Waals surface area contributed by atoms with E-state index in [1.807, 2.05) is 13.8 Å².